The fraction of sp³-hybridized carbons (Fsp3) is 0.588. The van der Waals surface area contributed by atoms with Crippen molar-refractivity contribution in [2.75, 3.05) is 19.7 Å². The van der Waals surface area contributed by atoms with Gasteiger partial charge < -0.3 is 20.8 Å². The maximum Gasteiger partial charge on any atom is 0.230 e. The summed E-state index contributed by atoms with van der Waals surface area (Å²) in [6.07, 6.45) is 1.46. The van der Waals surface area contributed by atoms with Crippen molar-refractivity contribution in [2.24, 2.45) is 17.1 Å². The molecule has 24 heavy (non-hydrogen) atoms. The molecule has 5 nitrogen and oxygen atoms in total. The molecule has 7 heteroatoms. The van der Waals surface area contributed by atoms with Crippen LogP contribution in [0.25, 0.3) is 0 Å². The molecule has 0 saturated carbocycles. The van der Waals surface area contributed by atoms with Crippen molar-refractivity contribution in [1.82, 2.24) is 4.90 Å². The number of aliphatic hydroxyl groups excluding tert-OH is 1. The summed E-state index contributed by atoms with van der Waals surface area (Å²) in [7, 11) is 0. The number of carbonyl (C=O) groups excluding carboxylic acids is 1. The summed E-state index contributed by atoms with van der Waals surface area (Å²) in [5.41, 5.74) is 6.12. The van der Waals surface area contributed by atoms with Crippen LogP contribution in [-0.4, -0.2) is 40.7 Å². The predicted molar refractivity (Wildman–Crippen MR) is 95.2 cm³/mol. The van der Waals surface area contributed by atoms with E-state index in [0.29, 0.717) is 23.7 Å². The van der Waals surface area contributed by atoms with Crippen molar-refractivity contribution in [3.05, 3.63) is 27.7 Å². The van der Waals surface area contributed by atoms with E-state index in [1.165, 1.54) is 6.07 Å². The highest BCUT2D eigenvalue weighted by Crippen LogP contribution is 2.38. The molecule has 4 N–H and O–H groups in total. The lowest BCUT2D eigenvalue weighted by atomic mass is 9.84. The van der Waals surface area contributed by atoms with Gasteiger partial charge in [0.1, 0.15) is 5.75 Å². The Morgan fingerprint density at radius 1 is 1.33 bits per heavy atom. The monoisotopic (exact) mass is 374 g/mol. The molecule has 1 amide bonds. The first kappa shape index (κ1) is 19.3. The molecule has 1 atom stereocenters. The Labute approximate surface area is 152 Å². The number of rotatable bonds is 4. The molecule has 0 bridgehead atoms. The van der Waals surface area contributed by atoms with E-state index in [0.717, 1.165) is 12.8 Å². The molecule has 1 aliphatic rings. The van der Waals surface area contributed by atoms with E-state index < -0.39 is 5.41 Å². The highest BCUT2D eigenvalue weighted by atomic mass is 35.5. The van der Waals surface area contributed by atoms with E-state index in [1.54, 1.807) is 24.8 Å². The molecule has 0 aliphatic carbocycles. The molecule has 0 radical (unpaired) electrons. The number of likely N-dealkylation sites (tertiary alicyclic amines) is 1. The third kappa shape index (κ3) is 3.97. The number of benzene rings is 1. The van der Waals surface area contributed by atoms with Crippen molar-refractivity contribution in [3.63, 3.8) is 0 Å². The Hall–Kier alpha value is -1.01. The smallest absolute Gasteiger partial charge is 0.230 e. The number of hydrogen-bond acceptors (Lipinski definition) is 4. The highest BCUT2D eigenvalue weighted by molar-refractivity contribution is 6.42. The van der Waals surface area contributed by atoms with Crippen LogP contribution in [0.2, 0.25) is 10.0 Å². The van der Waals surface area contributed by atoms with Crippen LogP contribution in [0.4, 0.5) is 0 Å². The number of phenolic OH excluding ortho intramolecular Hbond substituents is 1. The van der Waals surface area contributed by atoms with Crippen LogP contribution in [0.5, 0.6) is 5.75 Å². The van der Waals surface area contributed by atoms with E-state index in [1.807, 2.05) is 0 Å². The first-order chi connectivity index (χ1) is 11.2. The average Bonchev–Trinajstić information content (AvgIpc) is 2.57. The van der Waals surface area contributed by atoms with E-state index in [2.05, 4.69) is 0 Å². The molecule has 1 aromatic carbocycles. The number of nitrogens with two attached hydrogens (primary N) is 1. The van der Waals surface area contributed by atoms with Crippen molar-refractivity contribution in [3.8, 4) is 5.75 Å². The number of aromatic hydroxyl groups is 1. The van der Waals surface area contributed by atoms with Crippen LogP contribution in [0.1, 0.15) is 38.3 Å². The molecule has 1 fully saturated rings. The SMILES string of the molecule is CC(C)(CO)C(=O)N1CCC([C@@H](N)c2cc(Cl)c(Cl)cc2O)CC1. The zero-order valence-electron chi connectivity index (χ0n) is 13.9. The quantitative estimate of drug-likeness (QED) is 0.755. The van der Waals surface area contributed by atoms with E-state index in [9.17, 15) is 15.0 Å². The molecule has 1 heterocycles. The summed E-state index contributed by atoms with van der Waals surface area (Å²) >= 11 is 11.9. The normalized spacial score (nSPS) is 17.8. The zero-order chi connectivity index (χ0) is 18.1. The van der Waals surface area contributed by atoms with Crippen LogP contribution in [0.15, 0.2) is 12.1 Å². The van der Waals surface area contributed by atoms with Gasteiger partial charge in [0.15, 0.2) is 0 Å². The number of phenols is 1. The predicted octanol–water partition coefficient (Wildman–Crippen LogP) is 2.96. The lowest BCUT2D eigenvalue weighted by Gasteiger charge is -2.38. The standard InChI is InChI=1S/C17H24Cl2N2O3/c1-17(2,9-22)16(24)21-5-3-10(4-6-21)15(20)11-7-12(18)13(19)8-14(11)23/h7-8,10,15,22-23H,3-6,9,20H2,1-2H3/t15-/m1/s1. The van der Waals surface area contributed by atoms with E-state index >= 15 is 0 Å². The van der Waals surface area contributed by atoms with Gasteiger partial charge >= 0.3 is 0 Å². The fourth-order valence-electron chi connectivity index (χ4n) is 3.03. The van der Waals surface area contributed by atoms with Crippen LogP contribution in [0.3, 0.4) is 0 Å². The molecular formula is C17H24Cl2N2O3. The van der Waals surface area contributed by atoms with E-state index in [4.69, 9.17) is 28.9 Å². The van der Waals surface area contributed by atoms with Gasteiger partial charge in [0.05, 0.1) is 22.1 Å². The van der Waals surface area contributed by atoms with Crippen molar-refractivity contribution >= 4 is 29.1 Å². The van der Waals surface area contributed by atoms with Gasteiger partial charge in [-0.25, -0.2) is 0 Å². The Balaban J connectivity index is 2.05. The summed E-state index contributed by atoms with van der Waals surface area (Å²) in [6.45, 7) is 4.47. The molecule has 134 valence electrons. The van der Waals surface area contributed by atoms with Gasteiger partial charge in [-0.15, -0.1) is 0 Å². The van der Waals surface area contributed by atoms with Gasteiger partial charge in [-0.05, 0) is 38.7 Å². The largest absolute Gasteiger partial charge is 0.508 e. The van der Waals surface area contributed by atoms with Gasteiger partial charge in [0, 0.05) is 30.8 Å². The summed E-state index contributed by atoms with van der Waals surface area (Å²) in [5, 5.41) is 20.1. The molecule has 2 rings (SSSR count). The molecule has 1 aliphatic heterocycles. The van der Waals surface area contributed by atoms with Gasteiger partial charge in [0.2, 0.25) is 5.91 Å². The molecule has 0 aromatic heterocycles. The lowest BCUT2D eigenvalue weighted by molar-refractivity contribution is -0.144. The number of amides is 1. The second-order valence-electron chi connectivity index (χ2n) is 7.02. The number of piperidine rings is 1. The van der Waals surface area contributed by atoms with E-state index in [-0.39, 0.29) is 35.2 Å². The lowest BCUT2D eigenvalue weighted by Crippen LogP contribution is -2.47. The summed E-state index contributed by atoms with van der Waals surface area (Å²) < 4.78 is 0. The first-order valence-corrected chi connectivity index (χ1v) is 8.76. The maximum atomic E-state index is 12.4. The minimum absolute atomic E-state index is 0.0387. The van der Waals surface area contributed by atoms with Crippen molar-refractivity contribution < 1.29 is 15.0 Å². The number of halogens is 2. The fourth-order valence-corrected chi connectivity index (χ4v) is 3.36. The molecule has 0 spiro atoms. The summed E-state index contributed by atoms with van der Waals surface area (Å²) in [5.74, 6) is 0.126. The first-order valence-electron chi connectivity index (χ1n) is 8.01. The van der Waals surface area contributed by atoms with Gasteiger partial charge in [0.25, 0.3) is 0 Å². The molecule has 1 saturated heterocycles. The molecule has 1 aromatic rings. The van der Waals surface area contributed by atoms with Crippen LogP contribution in [0, 0.1) is 11.3 Å². The Bertz CT molecular complexity index is 614. The number of hydrogen-bond donors (Lipinski definition) is 3. The number of carbonyl (C=O) groups is 1. The van der Waals surface area contributed by atoms with Gasteiger partial charge in [-0.3, -0.25) is 4.79 Å². The highest BCUT2D eigenvalue weighted by Gasteiger charge is 2.35. The summed E-state index contributed by atoms with van der Waals surface area (Å²) in [4.78, 5) is 14.2. The third-order valence-corrected chi connectivity index (χ3v) is 5.46. The Kier molecular flexibility index (Phi) is 6.02. The van der Waals surface area contributed by atoms with Crippen molar-refractivity contribution in [2.45, 2.75) is 32.7 Å². The van der Waals surface area contributed by atoms with Crippen molar-refractivity contribution in [1.29, 1.82) is 0 Å². The van der Waals surface area contributed by atoms with Crippen LogP contribution < -0.4 is 5.73 Å². The number of aliphatic hydroxyl groups is 1. The zero-order valence-corrected chi connectivity index (χ0v) is 15.4. The van der Waals surface area contributed by atoms with Gasteiger partial charge in [-0.2, -0.15) is 0 Å². The minimum atomic E-state index is -0.767. The Morgan fingerprint density at radius 2 is 1.88 bits per heavy atom. The van der Waals surface area contributed by atoms with Crippen LogP contribution in [-0.2, 0) is 4.79 Å². The second-order valence-corrected chi connectivity index (χ2v) is 7.84. The second kappa shape index (κ2) is 7.48. The summed E-state index contributed by atoms with van der Waals surface area (Å²) in [6, 6.07) is 2.64. The van der Waals surface area contributed by atoms with Gasteiger partial charge in [-0.1, -0.05) is 23.2 Å². The Morgan fingerprint density at radius 3 is 2.42 bits per heavy atom. The third-order valence-electron chi connectivity index (χ3n) is 4.74. The average molecular weight is 375 g/mol. The topological polar surface area (TPSA) is 86.8 Å². The van der Waals surface area contributed by atoms with Crippen LogP contribution >= 0.6 is 23.2 Å². The number of nitrogens with zero attached hydrogens (tertiary/aromatic N) is 1. The molecular weight excluding hydrogens is 351 g/mol. The minimum Gasteiger partial charge on any atom is -0.508 e. The maximum absolute atomic E-state index is 12.4. The molecule has 0 unspecified atom stereocenters.